The molecule has 0 aliphatic rings. The maximum Gasteiger partial charge on any atom is 0.319 e. The first kappa shape index (κ1) is 16.0. The van der Waals surface area contributed by atoms with Crippen molar-refractivity contribution in [2.24, 2.45) is 0 Å². The summed E-state index contributed by atoms with van der Waals surface area (Å²) in [5, 5.41) is 2.95. The van der Waals surface area contributed by atoms with E-state index in [1.165, 1.54) is 7.11 Å². The SMILES string of the molecule is C[CH-]CC[CH-]CNCC(=O)OC.[Y]. The molecule has 0 bridgehead atoms. The molecule has 0 aliphatic carbocycles. The predicted molar refractivity (Wildman–Crippen MR) is 48.4 cm³/mol. The summed E-state index contributed by atoms with van der Waals surface area (Å²) in [6.45, 7) is 3.10. The van der Waals surface area contributed by atoms with Gasteiger partial charge >= 0.3 is 5.97 Å². The van der Waals surface area contributed by atoms with Gasteiger partial charge in [-0.1, -0.05) is 0 Å². The fourth-order valence-corrected chi connectivity index (χ4v) is 0.735. The molecule has 0 aromatic carbocycles. The maximum atomic E-state index is 10.6. The quantitative estimate of drug-likeness (QED) is 0.421. The van der Waals surface area contributed by atoms with Gasteiger partial charge in [-0.25, -0.2) is 12.8 Å². The smallest absolute Gasteiger partial charge is 0.319 e. The van der Waals surface area contributed by atoms with Crippen LogP contribution in [0.1, 0.15) is 19.8 Å². The number of unbranched alkanes of at least 4 members (excludes halogenated alkanes) is 3. The monoisotopic (exact) mass is 260 g/mol. The Hall–Kier alpha value is 0.534. The molecule has 0 amide bonds. The topological polar surface area (TPSA) is 38.3 Å². The van der Waals surface area contributed by atoms with Gasteiger partial charge in [-0.15, -0.1) is 6.54 Å². The third-order valence-electron chi connectivity index (χ3n) is 1.45. The molecule has 0 saturated carbocycles. The van der Waals surface area contributed by atoms with Crippen LogP contribution in [0.25, 0.3) is 0 Å². The van der Waals surface area contributed by atoms with Crippen LogP contribution < -0.4 is 5.32 Å². The van der Waals surface area contributed by atoms with Gasteiger partial charge in [-0.3, -0.25) is 4.79 Å². The molecule has 0 atom stereocenters. The van der Waals surface area contributed by atoms with E-state index in [0.29, 0.717) is 6.54 Å². The molecular weight excluding hydrogens is 243 g/mol. The number of carbonyl (C=O) groups excluding carboxylic acids is 1. The molecule has 75 valence electrons. The Morgan fingerprint density at radius 1 is 1.46 bits per heavy atom. The van der Waals surface area contributed by atoms with E-state index in [2.05, 4.69) is 22.9 Å². The van der Waals surface area contributed by atoms with E-state index in [-0.39, 0.29) is 38.7 Å². The van der Waals surface area contributed by atoms with Gasteiger partial charge in [0.1, 0.15) is 0 Å². The Morgan fingerprint density at radius 2 is 2.15 bits per heavy atom. The van der Waals surface area contributed by atoms with E-state index in [0.717, 1.165) is 19.4 Å². The van der Waals surface area contributed by atoms with Gasteiger partial charge in [0.2, 0.25) is 0 Å². The van der Waals surface area contributed by atoms with Crippen LogP contribution in [0, 0.1) is 12.8 Å². The minimum absolute atomic E-state index is 0. The van der Waals surface area contributed by atoms with Crippen LogP contribution in [0.3, 0.4) is 0 Å². The second kappa shape index (κ2) is 12.5. The molecule has 0 aromatic heterocycles. The van der Waals surface area contributed by atoms with Crippen molar-refractivity contribution in [3.8, 4) is 0 Å². The molecular formula is C9H17NO2Y-2. The molecule has 4 heteroatoms. The molecule has 0 heterocycles. The number of ether oxygens (including phenoxy) is 1. The van der Waals surface area contributed by atoms with Crippen molar-refractivity contribution in [3.05, 3.63) is 12.8 Å². The summed E-state index contributed by atoms with van der Waals surface area (Å²) in [6, 6.07) is 0. The first-order valence-corrected chi connectivity index (χ1v) is 4.18. The largest absolute Gasteiger partial charge is 0.468 e. The number of hydrogen-bond acceptors (Lipinski definition) is 3. The number of hydrogen-bond donors (Lipinski definition) is 1. The fraction of sp³-hybridized carbons (Fsp3) is 0.667. The van der Waals surface area contributed by atoms with Crippen molar-refractivity contribution in [1.82, 2.24) is 5.32 Å². The second-order valence-corrected chi connectivity index (χ2v) is 2.48. The van der Waals surface area contributed by atoms with Crippen LogP contribution in [-0.4, -0.2) is 26.2 Å². The van der Waals surface area contributed by atoms with Gasteiger partial charge in [0.25, 0.3) is 0 Å². The third-order valence-corrected chi connectivity index (χ3v) is 1.45. The standard InChI is InChI=1S/C9H17NO2.Y/c1-3-4-5-6-7-10-8-9(11)12-2;/h3,6,10H,4-5,7-8H2,1-2H3;/q-2;. The van der Waals surface area contributed by atoms with Crippen molar-refractivity contribution in [2.45, 2.75) is 19.8 Å². The van der Waals surface area contributed by atoms with Crippen molar-refractivity contribution >= 4 is 5.97 Å². The Balaban J connectivity index is 0. The van der Waals surface area contributed by atoms with Crippen molar-refractivity contribution in [1.29, 1.82) is 0 Å². The first-order chi connectivity index (χ1) is 5.81. The molecule has 0 saturated heterocycles. The summed E-state index contributed by atoms with van der Waals surface area (Å²) in [6.07, 6.45) is 6.39. The number of esters is 1. The van der Waals surface area contributed by atoms with E-state index < -0.39 is 0 Å². The number of nitrogens with one attached hydrogen (secondary N) is 1. The Kier molecular flexibility index (Phi) is 15.4. The van der Waals surface area contributed by atoms with Gasteiger partial charge in [0.05, 0.1) is 13.7 Å². The normalized spacial score (nSPS) is 9.08. The van der Waals surface area contributed by atoms with Gasteiger partial charge in [0.15, 0.2) is 0 Å². The van der Waals surface area contributed by atoms with E-state index in [4.69, 9.17) is 0 Å². The van der Waals surface area contributed by atoms with Gasteiger partial charge in [0, 0.05) is 32.7 Å². The minimum Gasteiger partial charge on any atom is -0.468 e. The zero-order valence-electron chi connectivity index (χ0n) is 8.38. The molecule has 3 nitrogen and oxygen atoms in total. The number of carbonyl (C=O) groups is 1. The molecule has 0 aromatic rings. The second-order valence-electron chi connectivity index (χ2n) is 2.48. The third kappa shape index (κ3) is 12.5. The molecule has 1 radical (unpaired) electrons. The predicted octanol–water partition coefficient (Wildman–Crippen LogP) is 0.955. The molecule has 0 rings (SSSR count). The Bertz CT molecular complexity index is 120. The molecule has 13 heavy (non-hydrogen) atoms. The fourth-order valence-electron chi connectivity index (χ4n) is 0.735. The van der Waals surface area contributed by atoms with Crippen LogP contribution in [-0.2, 0) is 42.2 Å². The van der Waals surface area contributed by atoms with Crippen LogP contribution in [0.4, 0.5) is 0 Å². The van der Waals surface area contributed by atoms with Crippen LogP contribution >= 0.6 is 0 Å². The van der Waals surface area contributed by atoms with Crippen LogP contribution in [0.2, 0.25) is 0 Å². The van der Waals surface area contributed by atoms with Crippen molar-refractivity contribution in [2.75, 3.05) is 20.2 Å². The minimum atomic E-state index is -0.217. The zero-order valence-corrected chi connectivity index (χ0v) is 11.2. The molecule has 1 N–H and O–H groups in total. The summed E-state index contributed by atoms with van der Waals surface area (Å²) in [4.78, 5) is 10.6. The van der Waals surface area contributed by atoms with Crippen LogP contribution in [0.15, 0.2) is 0 Å². The average molecular weight is 260 g/mol. The molecule has 0 spiro atoms. The van der Waals surface area contributed by atoms with Crippen LogP contribution in [0.5, 0.6) is 0 Å². The van der Waals surface area contributed by atoms with E-state index in [9.17, 15) is 4.79 Å². The van der Waals surface area contributed by atoms with E-state index in [1.54, 1.807) is 0 Å². The molecule has 0 unspecified atom stereocenters. The van der Waals surface area contributed by atoms with E-state index >= 15 is 0 Å². The summed E-state index contributed by atoms with van der Waals surface area (Å²) in [7, 11) is 1.39. The average Bonchev–Trinajstić information content (AvgIpc) is 2.10. The Morgan fingerprint density at radius 3 is 2.69 bits per heavy atom. The van der Waals surface area contributed by atoms with Crippen molar-refractivity contribution in [3.63, 3.8) is 0 Å². The Labute approximate surface area is 106 Å². The number of methoxy groups -OCH3 is 1. The van der Waals surface area contributed by atoms with Crippen molar-refractivity contribution < 1.29 is 42.2 Å². The number of rotatable bonds is 7. The zero-order chi connectivity index (χ0) is 9.23. The molecule has 0 aliphatic heterocycles. The summed E-state index contributed by atoms with van der Waals surface area (Å²) in [5.41, 5.74) is 0. The summed E-state index contributed by atoms with van der Waals surface area (Å²) >= 11 is 0. The van der Waals surface area contributed by atoms with E-state index in [1.807, 2.05) is 6.92 Å². The maximum absolute atomic E-state index is 10.6. The van der Waals surface area contributed by atoms with Gasteiger partial charge < -0.3 is 22.9 Å². The first-order valence-electron chi connectivity index (χ1n) is 4.18. The summed E-state index contributed by atoms with van der Waals surface area (Å²) in [5.74, 6) is -0.217. The van der Waals surface area contributed by atoms with Gasteiger partial charge in [-0.2, -0.15) is 6.92 Å². The molecule has 0 fully saturated rings. The summed E-state index contributed by atoms with van der Waals surface area (Å²) < 4.78 is 4.46. The van der Waals surface area contributed by atoms with Gasteiger partial charge in [-0.05, 0) is 0 Å².